The van der Waals surface area contributed by atoms with E-state index >= 15 is 0 Å². The van der Waals surface area contributed by atoms with E-state index in [1.807, 2.05) is 0 Å². The summed E-state index contributed by atoms with van der Waals surface area (Å²) >= 11 is 11.9. The second-order valence-corrected chi connectivity index (χ2v) is 8.41. The molecule has 0 aliphatic rings. The smallest absolute Gasteiger partial charge is 0.269 e. The maximum absolute atomic E-state index is 12.3. The number of nitrogens with zero attached hydrogens (tertiary/aromatic N) is 2. The molecule has 2 aromatic rings. The summed E-state index contributed by atoms with van der Waals surface area (Å²) in [4.78, 5) is 23.8. The first-order valence-corrected chi connectivity index (χ1v) is 10.3. The Morgan fingerprint density at radius 1 is 1.18 bits per heavy atom. The Bertz CT molecular complexity index is 998. The summed E-state index contributed by atoms with van der Waals surface area (Å²) < 4.78 is 26.8. The third-order valence-corrected chi connectivity index (χ3v) is 6.16. The van der Waals surface area contributed by atoms with Gasteiger partial charge in [-0.15, -0.1) is 0 Å². The van der Waals surface area contributed by atoms with E-state index in [1.54, 1.807) is 12.1 Å². The molecule has 0 heterocycles. The summed E-state index contributed by atoms with van der Waals surface area (Å²) in [7, 11) is -2.34. The molecule has 11 heteroatoms. The van der Waals surface area contributed by atoms with Gasteiger partial charge in [-0.1, -0.05) is 35.3 Å². The predicted molar refractivity (Wildman–Crippen MR) is 106 cm³/mol. The van der Waals surface area contributed by atoms with E-state index in [0.29, 0.717) is 10.6 Å². The van der Waals surface area contributed by atoms with Crippen LogP contribution in [-0.2, 0) is 21.4 Å². The first-order chi connectivity index (χ1) is 13.1. The highest BCUT2D eigenvalue weighted by molar-refractivity contribution is 7.89. The number of nitro groups is 1. The van der Waals surface area contributed by atoms with Gasteiger partial charge in [0, 0.05) is 43.7 Å². The maximum atomic E-state index is 12.3. The Hall–Kier alpha value is -2.20. The number of non-ortho nitro benzene ring substituents is 1. The molecule has 8 nitrogen and oxygen atoms in total. The molecule has 28 heavy (non-hydrogen) atoms. The highest BCUT2D eigenvalue weighted by atomic mass is 35.5. The monoisotopic (exact) mass is 445 g/mol. The Kier molecular flexibility index (Phi) is 7.36. The highest BCUT2D eigenvalue weighted by Crippen LogP contribution is 2.23. The van der Waals surface area contributed by atoms with E-state index in [1.165, 1.54) is 42.3 Å². The van der Waals surface area contributed by atoms with Crippen LogP contribution in [0.25, 0.3) is 0 Å². The van der Waals surface area contributed by atoms with Crippen molar-refractivity contribution in [3.8, 4) is 0 Å². The zero-order valence-electron chi connectivity index (χ0n) is 14.8. The van der Waals surface area contributed by atoms with Crippen molar-refractivity contribution < 1.29 is 18.1 Å². The molecule has 0 aliphatic carbocycles. The van der Waals surface area contributed by atoms with Gasteiger partial charge in [0.1, 0.15) is 4.90 Å². The van der Waals surface area contributed by atoms with Crippen molar-refractivity contribution in [2.24, 2.45) is 0 Å². The van der Waals surface area contributed by atoms with Crippen LogP contribution in [-0.4, -0.2) is 37.7 Å². The Balaban J connectivity index is 1.96. The van der Waals surface area contributed by atoms with Crippen molar-refractivity contribution in [2.45, 2.75) is 17.9 Å². The standard InChI is InChI=1S/C17H17Cl2N3O5S/c1-21(11-12-10-13(22(24)25)6-7-14(12)18)17(23)8-9-20-28(26,27)16-5-3-2-4-15(16)19/h2-7,10,20H,8-9,11H2,1H3. The van der Waals surface area contributed by atoms with Gasteiger partial charge in [-0.3, -0.25) is 14.9 Å². The molecule has 1 amide bonds. The van der Waals surface area contributed by atoms with Gasteiger partial charge in [0.05, 0.1) is 9.95 Å². The number of hydrogen-bond acceptors (Lipinski definition) is 5. The van der Waals surface area contributed by atoms with Crippen molar-refractivity contribution >= 4 is 44.8 Å². The molecule has 150 valence electrons. The molecule has 0 fully saturated rings. The molecule has 0 atom stereocenters. The number of sulfonamides is 1. The van der Waals surface area contributed by atoms with Crippen LogP contribution in [0.4, 0.5) is 5.69 Å². The van der Waals surface area contributed by atoms with Crippen molar-refractivity contribution in [1.29, 1.82) is 0 Å². The van der Waals surface area contributed by atoms with Gasteiger partial charge in [0.25, 0.3) is 5.69 Å². The highest BCUT2D eigenvalue weighted by Gasteiger charge is 2.19. The summed E-state index contributed by atoms with van der Waals surface area (Å²) in [5.74, 6) is -0.357. The SMILES string of the molecule is CN(Cc1cc([N+](=O)[O-])ccc1Cl)C(=O)CCNS(=O)(=O)c1ccccc1Cl. The third kappa shape index (κ3) is 5.65. The summed E-state index contributed by atoms with van der Waals surface area (Å²) in [6, 6.07) is 9.94. The normalized spacial score (nSPS) is 11.2. The van der Waals surface area contributed by atoms with Crippen LogP contribution in [0.2, 0.25) is 10.0 Å². The molecule has 0 unspecified atom stereocenters. The molecule has 2 rings (SSSR count). The molecular formula is C17H17Cl2N3O5S. The van der Waals surface area contributed by atoms with Crippen molar-refractivity contribution in [3.05, 3.63) is 68.2 Å². The van der Waals surface area contributed by atoms with Crippen LogP contribution >= 0.6 is 23.2 Å². The van der Waals surface area contributed by atoms with Gasteiger partial charge >= 0.3 is 0 Å². The quantitative estimate of drug-likeness (QED) is 0.495. The number of nitrogens with one attached hydrogen (secondary N) is 1. The predicted octanol–water partition coefficient (Wildman–Crippen LogP) is 3.23. The molecule has 0 bridgehead atoms. The Morgan fingerprint density at radius 3 is 2.50 bits per heavy atom. The van der Waals surface area contributed by atoms with Crippen molar-refractivity contribution in [2.75, 3.05) is 13.6 Å². The lowest BCUT2D eigenvalue weighted by atomic mass is 10.2. The van der Waals surface area contributed by atoms with E-state index in [9.17, 15) is 23.3 Å². The van der Waals surface area contributed by atoms with E-state index in [-0.39, 0.29) is 41.0 Å². The average molecular weight is 446 g/mol. The van der Waals surface area contributed by atoms with Crippen LogP contribution in [0.1, 0.15) is 12.0 Å². The van der Waals surface area contributed by atoms with E-state index in [0.717, 1.165) is 0 Å². The molecule has 0 saturated carbocycles. The minimum Gasteiger partial charge on any atom is -0.341 e. The number of carbonyl (C=O) groups excluding carboxylic acids is 1. The Labute approximate surface area is 172 Å². The Morgan fingerprint density at radius 2 is 1.86 bits per heavy atom. The summed E-state index contributed by atoms with van der Waals surface area (Å²) in [5, 5.41) is 11.2. The molecule has 1 N–H and O–H groups in total. The van der Waals surface area contributed by atoms with Gasteiger partial charge in [0.2, 0.25) is 15.9 Å². The lowest BCUT2D eigenvalue weighted by Crippen LogP contribution is -2.32. The lowest BCUT2D eigenvalue weighted by Gasteiger charge is -2.18. The fourth-order valence-corrected chi connectivity index (χ4v) is 4.09. The molecule has 0 aliphatic heterocycles. The summed E-state index contributed by atoms with van der Waals surface area (Å²) in [6.45, 7) is -0.0734. The van der Waals surface area contributed by atoms with Gasteiger partial charge < -0.3 is 4.90 Å². The van der Waals surface area contributed by atoms with Gasteiger partial charge in [0.15, 0.2) is 0 Å². The zero-order chi connectivity index (χ0) is 20.9. The van der Waals surface area contributed by atoms with Crippen LogP contribution in [0.3, 0.4) is 0 Å². The second-order valence-electron chi connectivity index (χ2n) is 5.86. The fourth-order valence-electron chi connectivity index (χ4n) is 2.36. The molecule has 0 aromatic heterocycles. The number of halogens is 2. The van der Waals surface area contributed by atoms with E-state index in [4.69, 9.17) is 23.2 Å². The van der Waals surface area contributed by atoms with Gasteiger partial charge in [-0.25, -0.2) is 13.1 Å². The number of amides is 1. The van der Waals surface area contributed by atoms with Crippen LogP contribution in [0, 0.1) is 10.1 Å². The first-order valence-electron chi connectivity index (χ1n) is 8.03. The van der Waals surface area contributed by atoms with Crippen LogP contribution in [0.5, 0.6) is 0 Å². The minimum absolute atomic E-state index is 0.0522. The van der Waals surface area contributed by atoms with Crippen LogP contribution < -0.4 is 4.72 Å². The molecule has 2 aromatic carbocycles. The molecule has 0 spiro atoms. The van der Waals surface area contributed by atoms with Gasteiger partial charge in [-0.05, 0) is 23.8 Å². The van der Waals surface area contributed by atoms with E-state index < -0.39 is 14.9 Å². The molecular weight excluding hydrogens is 429 g/mol. The fraction of sp³-hybridized carbons (Fsp3) is 0.235. The van der Waals surface area contributed by atoms with Crippen molar-refractivity contribution in [1.82, 2.24) is 9.62 Å². The number of carbonyl (C=O) groups is 1. The first kappa shape index (κ1) is 22.1. The number of hydrogen-bond donors (Lipinski definition) is 1. The average Bonchev–Trinajstić information content (AvgIpc) is 2.63. The molecule has 0 saturated heterocycles. The lowest BCUT2D eigenvalue weighted by molar-refractivity contribution is -0.384. The summed E-state index contributed by atoms with van der Waals surface area (Å²) in [5.41, 5.74) is 0.288. The number of nitro benzene ring substituents is 1. The topological polar surface area (TPSA) is 110 Å². The van der Waals surface area contributed by atoms with E-state index in [2.05, 4.69) is 4.72 Å². The van der Waals surface area contributed by atoms with Gasteiger partial charge in [-0.2, -0.15) is 0 Å². The van der Waals surface area contributed by atoms with Crippen molar-refractivity contribution in [3.63, 3.8) is 0 Å². The number of benzene rings is 2. The largest absolute Gasteiger partial charge is 0.341 e. The third-order valence-electron chi connectivity index (χ3n) is 3.83. The van der Waals surface area contributed by atoms with Crippen LogP contribution in [0.15, 0.2) is 47.4 Å². The zero-order valence-corrected chi connectivity index (χ0v) is 17.1. The minimum atomic E-state index is -3.84. The molecule has 0 radical (unpaired) electrons. The summed E-state index contributed by atoms with van der Waals surface area (Å²) in [6.07, 6.45) is -0.104. The second kappa shape index (κ2) is 9.33. The maximum Gasteiger partial charge on any atom is 0.269 e. The number of rotatable bonds is 8.